The fourth-order valence-corrected chi connectivity index (χ4v) is 1.82. The van der Waals surface area contributed by atoms with Crippen molar-refractivity contribution in [1.29, 1.82) is 0 Å². The highest BCUT2D eigenvalue weighted by Crippen LogP contribution is 2.27. The molecule has 0 radical (unpaired) electrons. The third kappa shape index (κ3) is 2.99. The lowest BCUT2D eigenvalue weighted by atomic mass is 10.3. The summed E-state index contributed by atoms with van der Waals surface area (Å²) in [6.07, 6.45) is 4.92. The molecule has 0 aliphatic heterocycles. The van der Waals surface area contributed by atoms with E-state index in [1.165, 1.54) is 12.8 Å². The van der Waals surface area contributed by atoms with E-state index in [0.717, 1.165) is 25.3 Å². The third-order valence-corrected chi connectivity index (χ3v) is 3.06. The molecule has 2 N–H and O–H groups in total. The van der Waals surface area contributed by atoms with Crippen LogP contribution in [0.2, 0.25) is 0 Å². The Morgan fingerprint density at radius 3 is 2.94 bits per heavy atom. The molecule has 0 bridgehead atoms. The number of aryl methyl sites for hydroxylation is 1. The van der Waals surface area contributed by atoms with E-state index in [1.807, 2.05) is 11.7 Å². The molecule has 1 aliphatic rings. The van der Waals surface area contributed by atoms with Gasteiger partial charge in [-0.1, -0.05) is 12.2 Å². The number of nitrogens with two attached hydrogens (primary N) is 1. The zero-order chi connectivity index (χ0) is 11.5. The van der Waals surface area contributed by atoms with E-state index >= 15 is 0 Å². The van der Waals surface area contributed by atoms with Crippen molar-refractivity contribution < 1.29 is 0 Å². The molecule has 0 amide bonds. The summed E-state index contributed by atoms with van der Waals surface area (Å²) in [4.78, 5) is 7.22. The molecule has 0 spiro atoms. The smallest absolute Gasteiger partial charge is 0.140 e. The number of rotatable bonds is 6. The second-order valence-corrected chi connectivity index (χ2v) is 4.74. The van der Waals surface area contributed by atoms with Gasteiger partial charge in [0.1, 0.15) is 12.2 Å². The normalized spacial score (nSPS) is 15.6. The second kappa shape index (κ2) is 4.88. The van der Waals surface area contributed by atoms with Crippen LogP contribution in [0, 0.1) is 0 Å². The minimum atomic E-state index is 0.587. The van der Waals surface area contributed by atoms with E-state index in [-0.39, 0.29) is 0 Å². The molecule has 1 heterocycles. The van der Waals surface area contributed by atoms with Gasteiger partial charge in [-0.25, -0.2) is 4.98 Å². The van der Waals surface area contributed by atoms with Crippen molar-refractivity contribution in [1.82, 2.24) is 19.7 Å². The summed E-state index contributed by atoms with van der Waals surface area (Å²) in [5.74, 6) is 0.995. The monoisotopic (exact) mass is 239 g/mol. The molecule has 1 fully saturated rings. The summed E-state index contributed by atoms with van der Waals surface area (Å²) in [6.45, 7) is 1.76. The number of hydrogen-bond acceptors (Lipinski definition) is 4. The third-order valence-electron chi connectivity index (χ3n) is 2.86. The summed E-state index contributed by atoms with van der Waals surface area (Å²) in [7, 11) is 1.92. The molecule has 1 aliphatic carbocycles. The van der Waals surface area contributed by atoms with E-state index in [9.17, 15) is 0 Å². The maximum atomic E-state index is 5.54. The Labute approximate surface area is 101 Å². The molecule has 16 heavy (non-hydrogen) atoms. The lowest BCUT2D eigenvalue weighted by Gasteiger charge is -2.20. The Balaban J connectivity index is 1.92. The number of aromatic nitrogens is 3. The Morgan fingerprint density at radius 2 is 2.44 bits per heavy atom. The Morgan fingerprint density at radius 1 is 1.69 bits per heavy atom. The van der Waals surface area contributed by atoms with Crippen molar-refractivity contribution in [3.05, 3.63) is 12.2 Å². The Hall–Kier alpha value is -1.01. The van der Waals surface area contributed by atoms with Crippen molar-refractivity contribution >= 4 is 17.2 Å². The van der Waals surface area contributed by atoms with Crippen molar-refractivity contribution in [2.45, 2.75) is 31.8 Å². The summed E-state index contributed by atoms with van der Waals surface area (Å²) < 4.78 is 1.82. The predicted molar refractivity (Wildman–Crippen MR) is 65.8 cm³/mol. The van der Waals surface area contributed by atoms with Crippen molar-refractivity contribution in [2.75, 3.05) is 6.54 Å². The molecular formula is C10H17N5S. The van der Waals surface area contributed by atoms with E-state index in [2.05, 4.69) is 15.0 Å². The minimum absolute atomic E-state index is 0.587. The molecule has 1 aromatic rings. The van der Waals surface area contributed by atoms with Crippen LogP contribution in [0.25, 0.3) is 0 Å². The highest BCUT2D eigenvalue weighted by atomic mass is 32.1. The molecule has 88 valence electrons. The van der Waals surface area contributed by atoms with E-state index in [0.29, 0.717) is 11.0 Å². The summed E-state index contributed by atoms with van der Waals surface area (Å²) in [5.41, 5.74) is 5.54. The summed E-state index contributed by atoms with van der Waals surface area (Å²) in [5, 5.41) is 4.07. The fraction of sp³-hybridized carbons (Fsp3) is 0.700. The van der Waals surface area contributed by atoms with Crippen LogP contribution in [-0.2, 0) is 13.6 Å². The molecule has 0 atom stereocenters. The second-order valence-electron chi connectivity index (χ2n) is 4.22. The van der Waals surface area contributed by atoms with Crippen LogP contribution in [0.15, 0.2) is 6.33 Å². The van der Waals surface area contributed by atoms with E-state index in [1.54, 1.807) is 6.33 Å². The van der Waals surface area contributed by atoms with E-state index < -0.39 is 0 Å². The first-order valence-electron chi connectivity index (χ1n) is 5.52. The zero-order valence-corrected chi connectivity index (χ0v) is 10.3. The average Bonchev–Trinajstić information content (AvgIpc) is 2.99. The van der Waals surface area contributed by atoms with Crippen LogP contribution in [-0.4, -0.2) is 37.2 Å². The van der Waals surface area contributed by atoms with Gasteiger partial charge in [0, 0.05) is 26.1 Å². The molecule has 6 heteroatoms. The number of nitrogens with zero attached hydrogens (tertiary/aromatic N) is 4. The summed E-state index contributed by atoms with van der Waals surface area (Å²) in [6, 6.07) is 0.686. The Kier molecular flexibility index (Phi) is 3.50. The van der Waals surface area contributed by atoms with Crippen LogP contribution in [0.4, 0.5) is 0 Å². The van der Waals surface area contributed by atoms with E-state index in [4.69, 9.17) is 18.0 Å². The van der Waals surface area contributed by atoms with Crippen molar-refractivity contribution in [3.63, 3.8) is 0 Å². The van der Waals surface area contributed by atoms with Gasteiger partial charge in [0.25, 0.3) is 0 Å². The average molecular weight is 239 g/mol. The lowest BCUT2D eigenvalue weighted by Crippen LogP contribution is -2.30. The Bertz CT molecular complexity index is 371. The first kappa shape index (κ1) is 11.5. The topological polar surface area (TPSA) is 60.0 Å². The van der Waals surface area contributed by atoms with Gasteiger partial charge in [-0.05, 0) is 12.8 Å². The minimum Gasteiger partial charge on any atom is -0.393 e. The largest absolute Gasteiger partial charge is 0.393 e. The fourth-order valence-electron chi connectivity index (χ4n) is 1.73. The number of thiocarbonyl (C=S) groups is 1. The van der Waals surface area contributed by atoms with Gasteiger partial charge >= 0.3 is 0 Å². The van der Waals surface area contributed by atoms with Gasteiger partial charge in [-0.15, -0.1) is 0 Å². The highest BCUT2D eigenvalue weighted by molar-refractivity contribution is 7.80. The maximum absolute atomic E-state index is 5.54. The predicted octanol–water partition coefficient (Wildman–Crippen LogP) is 0.456. The molecule has 0 saturated heterocycles. The molecular weight excluding hydrogens is 222 g/mol. The van der Waals surface area contributed by atoms with Crippen LogP contribution < -0.4 is 5.73 Å². The maximum Gasteiger partial charge on any atom is 0.140 e. The molecule has 5 nitrogen and oxygen atoms in total. The van der Waals surface area contributed by atoms with Crippen LogP contribution in [0.1, 0.15) is 25.1 Å². The molecule has 0 unspecified atom stereocenters. The first-order chi connectivity index (χ1) is 7.66. The molecule has 1 saturated carbocycles. The van der Waals surface area contributed by atoms with Gasteiger partial charge < -0.3 is 5.73 Å². The van der Waals surface area contributed by atoms with Crippen molar-refractivity contribution in [2.24, 2.45) is 12.8 Å². The van der Waals surface area contributed by atoms with Crippen LogP contribution in [0.5, 0.6) is 0 Å². The van der Waals surface area contributed by atoms with Gasteiger partial charge in [0.2, 0.25) is 0 Å². The highest BCUT2D eigenvalue weighted by Gasteiger charge is 2.29. The zero-order valence-electron chi connectivity index (χ0n) is 9.46. The SMILES string of the molecule is Cn1ncnc1CN(CCC(N)=S)C1CC1. The van der Waals surface area contributed by atoms with Gasteiger partial charge in [0.05, 0.1) is 11.5 Å². The van der Waals surface area contributed by atoms with Gasteiger partial charge in [0.15, 0.2) is 0 Å². The first-order valence-corrected chi connectivity index (χ1v) is 5.93. The quantitative estimate of drug-likeness (QED) is 0.731. The van der Waals surface area contributed by atoms with Gasteiger partial charge in [-0.2, -0.15) is 5.10 Å². The van der Waals surface area contributed by atoms with Crippen LogP contribution >= 0.6 is 12.2 Å². The number of hydrogen-bond donors (Lipinski definition) is 1. The molecule has 1 aromatic heterocycles. The lowest BCUT2D eigenvalue weighted by molar-refractivity contribution is 0.252. The van der Waals surface area contributed by atoms with Crippen molar-refractivity contribution in [3.8, 4) is 0 Å². The van der Waals surface area contributed by atoms with Gasteiger partial charge in [-0.3, -0.25) is 9.58 Å². The molecule has 0 aromatic carbocycles. The standard InChI is InChI=1S/C10H17N5S/c1-14-10(12-7-13-14)6-15(8-2-3-8)5-4-9(11)16/h7-8H,2-6H2,1H3,(H2,11,16). The molecule has 2 rings (SSSR count). The summed E-state index contributed by atoms with van der Waals surface area (Å²) >= 11 is 4.91. The van der Waals surface area contributed by atoms with Crippen LogP contribution in [0.3, 0.4) is 0 Å².